The molecule has 26 heavy (non-hydrogen) atoms. The number of aryl methyl sites for hydroxylation is 1. The lowest BCUT2D eigenvalue weighted by atomic mass is 9.97. The smallest absolute Gasteiger partial charge is 0.237 e. The fourth-order valence-electron chi connectivity index (χ4n) is 3.15. The number of carboxylic acids is 1. The van der Waals surface area contributed by atoms with Crippen LogP contribution in [0.1, 0.15) is 23.1 Å². The van der Waals surface area contributed by atoms with Gasteiger partial charge in [0.25, 0.3) is 0 Å². The molecule has 5 heteroatoms. The first-order chi connectivity index (χ1) is 12.4. The maximum atomic E-state index is 12.7. The monoisotopic (exact) mass is 348 g/mol. The first kappa shape index (κ1) is 17.6. The molecule has 132 valence electrons. The quantitative estimate of drug-likeness (QED) is 0.611. The lowest BCUT2D eigenvalue weighted by Gasteiger charge is -2.15. The molecule has 0 spiro atoms. The molecule has 0 saturated carbocycles. The summed E-state index contributed by atoms with van der Waals surface area (Å²) < 4.78 is 0. The summed E-state index contributed by atoms with van der Waals surface area (Å²) in [5.74, 6) is -2.06. The van der Waals surface area contributed by atoms with Gasteiger partial charge in [-0.1, -0.05) is 48.0 Å². The van der Waals surface area contributed by atoms with E-state index in [0.29, 0.717) is 17.7 Å². The van der Waals surface area contributed by atoms with Crippen LogP contribution in [0.5, 0.6) is 0 Å². The Balaban J connectivity index is 1.75. The van der Waals surface area contributed by atoms with E-state index in [-0.39, 0.29) is 24.2 Å². The van der Waals surface area contributed by atoms with Gasteiger partial charge in [0.2, 0.25) is 11.8 Å². The highest BCUT2D eigenvalue weighted by atomic mass is 16.4. The molecule has 0 N–H and O–H groups in total. The van der Waals surface area contributed by atoms with Crippen LogP contribution >= 0.6 is 0 Å². The number of carbonyl (C=O) groups excluding carboxylic acids is 3. The third-order valence-electron chi connectivity index (χ3n) is 4.37. The zero-order chi connectivity index (χ0) is 18.7. The van der Waals surface area contributed by atoms with Crippen LogP contribution in [-0.2, 0) is 20.8 Å². The highest BCUT2D eigenvalue weighted by molar-refractivity contribution is 6.21. The standard InChI is InChI=1S/C21H19NO4/c1-14-3-2-4-16(11-14)12-17-13-19(23)22(21(17)26)18-8-5-15(6-9-18)7-10-20(24)25/h2-11,17H,12-13H2,1H3,(H,24,25)/p-1/b10-7+/t17-/m1/s1. The van der Waals surface area contributed by atoms with Crippen LogP contribution in [0.25, 0.3) is 6.08 Å². The molecule has 0 aromatic heterocycles. The first-order valence-corrected chi connectivity index (χ1v) is 8.35. The molecular formula is C21H18NO4-. The van der Waals surface area contributed by atoms with E-state index in [4.69, 9.17) is 0 Å². The number of hydrogen-bond donors (Lipinski definition) is 0. The minimum atomic E-state index is -1.28. The van der Waals surface area contributed by atoms with Gasteiger partial charge in [0.15, 0.2) is 0 Å². The largest absolute Gasteiger partial charge is 0.545 e. The molecule has 3 rings (SSSR count). The average molecular weight is 348 g/mol. The van der Waals surface area contributed by atoms with Gasteiger partial charge in [0, 0.05) is 6.42 Å². The van der Waals surface area contributed by atoms with E-state index in [1.165, 1.54) is 11.0 Å². The van der Waals surface area contributed by atoms with Crippen molar-refractivity contribution in [1.82, 2.24) is 0 Å². The van der Waals surface area contributed by atoms with Gasteiger partial charge in [0.05, 0.1) is 17.6 Å². The highest BCUT2D eigenvalue weighted by Gasteiger charge is 2.39. The summed E-state index contributed by atoms with van der Waals surface area (Å²) in [4.78, 5) is 36.7. The van der Waals surface area contributed by atoms with E-state index in [2.05, 4.69) is 0 Å². The predicted octanol–water partition coefficient (Wildman–Crippen LogP) is 1.88. The number of rotatable bonds is 5. The summed E-state index contributed by atoms with van der Waals surface area (Å²) in [6, 6.07) is 14.5. The molecule has 1 aliphatic heterocycles. The average Bonchev–Trinajstić information content (AvgIpc) is 2.87. The van der Waals surface area contributed by atoms with E-state index >= 15 is 0 Å². The number of amides is 2. The maximum absolute atomic E-state index is 12.7. The molecular weight excluding hydrogens is 330 g/mol. The summed E-state index contributed by atoms with van der Waals surface area (Å²) >= 11 is 0. The molecule has 1 fully saturated rings. The van der Waals surface area contributed by atoms with Gasteiger partial charge in [-0.2, -0.15) is 0 Å². The summed E-state index contributed by atoms with van der Waals surface area (Å²) in [7, 11) is 0. The number of hydrogen-bond acceptors (Lipinski definition) is 4. The Labute approximate surface area is 151 Å². The minimum Gasteiger partial charge on any atom is -0.545 e. The predicted molar refractivity (Wildman–Crippen MR) is 96.0 cm³/mol. The Hall–Kier alpha value is -3.21. The molecule has 5 nitrogen and oxygen atoms in total. The Morgan fingerprint density at radius 1 is 1.19 bits per heavy atom. The van der Waals surface area contributed by atoms with Crippen molar-refractivity contribution >= 4 is 29.5 Å². The fraction of sp³-hybridized carbons (Fsp3) is 0.190. The Bertz CT molecular complexity index is 883. The molecule has 2 amide bonds. The number of imide groups is 1. The minimum absolute atomic E-state index is 0.194. The van der Waals surface area contributed by atoms with E-state index in [1.54, 1.807) is 24.3 Å². The Kier molecular flexibility index (Phi) is 4.98. The van der Waals surface area contributed by atoms with Crippen LogP contribution in [0.2, 0.25) is 0 Å². The highest BCUT2D eigenvalue weighted by Crippen LogP contribution is 2.29. The third kappa shape index (κ3) is 3.88. The van der Waals surface area contributed by atoms with Crippen LogP contribution in [-0.4, -0.2) is 17.8 Å². The lowest BCUT2D eigenvalue weighted by Crippen LogP contribution is -2.30. The number of benzene rings is 2. The third-order valence-corrected chi connectivity index (χ3v) is 4.37. The second-order valence-electron chi connectivity index (χ2n) is 6.41. The van der Waals surface area contributed by atoms with Crippen LogP contribution < -0.4 is 10.0 Å². The number of carbonyl (C=O) groups is 3. The molecule has 1 heterocycles. The maximum Gasteiger partial charge on any atom is 0.237 e. The van der Waals surface area contributed by atoms with E-state index < -0.39 is 5.97 Å². The van der Waals surface area contributed by atoms with Crippen molar-refractivity contribution in [1.29, 1.82) is 0 Å². The molecule has 1 saturated heterocycles. The number of anilines is 1. The van der Waals surface area contributed by atoms with Gasteiger partial charge in [-0.3, -0.25) is 14.5 Å². The molecule has 1 atom stereocenters. The molecule has 0 aliphatic carbocycles. The molecule has 2 aromatic carbocycles. The first-order valence-electron chi connectivity index (χ1n) is 8.35. The van der Waals surface area contributed by atoms with Gasteiger partial charge in [-0.25, -0.2) is 0 Å². The van der Waals surface area contributed by atoms with Crippen LogP contribution in [0, 0.1) is 12.8 Å². The van der Waals surface area contributed by atoms with Gasteiger partial charge in [-0.05, 0) is 42.7 Å². The SMILES string of the molecule is Cc1cccc(C[C@@H]2CC(=O)N(c3ccc(/C=C/C(=O)[O-])cc3)C2=O)c1. The van der Waals surface area contributed by atoms with Crippen molar-refractivity contribution in [2.24, 2.45) is 5.92 Å². The molecule has 0 unspecified atom stereocenters. The molecule has 0 radical (unpaired) electrons. The van der Waals surface area contributed by atoms with Gasteiger partial charge in [-0.15, -0.1) is 0 Å². The van der Waals surface area contributed by atoms with Crippen LogP contribution in [0.15, 0.2) is 54.6 Å². The van der Waals surface area contributed by atoms with Crippen LogP contribution in [0.3, 0.4) is 0 Å². The van der Waals surface area contributed by atoms with Crippen molar-refractivity contribution in [3.63, 3.8) is 0 Å². The van der Waals surface area contributed by atoms with E-state index in [0.717, 1.165) is 17.2 Å². The van der Waals surface area contributed by atoms with E-state index in [1.807, 2.05) is 31.2 Å². The van der Waals surface area contributed by atoms with Crippen molar-refractivity contribution in [2.45, 2.75) is 19.8 Å². The van der Waals surface area contributed by atoms with Gasteiger partial charge < -0.3 is 9.90 Å². The Morgan fingerprint density at radius 2 is 1.92 bits per heavy atom. The summed E-state index contributed by atoms with van der Waals surface area (Å²) in [5.41, 5.74) is 3.31. The summed E-state index contributed by atoms with van der Waals surface area (Å²) in [6.45, 7) is 1.99. The van der Waals surface area contributed by atoms with Crippen LogP contribution in [0.4, 0.5) is 5.69 Å². The lowest BCUT2D eigenvalue weighted by molar-refractivity contribution is -0.297. The summed E-state index contributed by atoms with van der Waals surface area (Å²) in [6.07, 6.45) is 3.06. The normalized spacial score (nSPS) is 17.3. The molecule has 0 bridgehead atoms. The van der Waals surface area contributed by atoms with Crippen molar-refractivity contribution < 1.29 is 19.5 Å². The van der Waals surface area contributed by atoms with Gasteiger partial charge in [0.1, 0.15) is 0 Å². The number of nitrogens with zero attached hydrogens (tertiary/aromatic N) is 1. The second-order valence-corrected chi connectivity index (χ2v) is 6.41. The number of carboxylic acid groups (broad SMARTS) is 1. The topological polar surface area (TPSA) is 77.5 Å². The molecule has 1 aliphatic rings. The molecule has 2 aromatic rings. The second kappa shape index (κ2) is 7.35. The number of aliphatic carboxylic acids is 1. The van der Waals surface area contributed by atoms with Gasteiger partial charge >= 0.3 is 0 Å². The Morgan fingerprint density at radius 3 is 2.58 bits per heavy atom. The van der Waals surface area contributed by atoms with Crippen molar-refractivity contribution in [3.05, 3.63) is 71.3 Å². The summed E-state index contributed by atoms with van der Waals surface area (Å²) in [5, 5.41) is 10.4. The zero-order valence-electron chi connectivity index (χ0n) is 14.3. The van der Waals surface area contributed by atoms with Crippen molar-refractivity contribution in [3.8, 4) is 0 Å². The fourth-order valence-corrected chi connectivity index (χ4v) is 3.15. The van der Waals surface area contributed by atoms with E-state index in [9.17, 15) is 19.5 Å². The van der Waals surface area contributed by atoms with Crippen molar-refractivity contribution in [2.75, 3.05) is 4.90 Å². The zero-order valence-corrected chi connectivity index (χ0v) is 14.3.